The van der Waals surface area contributed by atoms with Gasteiger partial charge in [-0.15, -0.1) is 0 Å². The maximum absolute atomic E-state index is 13.6. The zero-order valence-electron chi connectivity index (χ0n) is 20.6. The molecule has 0 saturated carbocycles. The Kier molecular flexibility index (Phi) is 7.23. The van der Waals surface area contributed by atoms with E-state index in [9.17, 15) is 9.59 Å². The van der Waals surface area contributed by atoms with Crippen LogP contribution in [0.3, 0.4) is 0 Å². The molecule has 0 aliphatic carbocycles. The van der Waals surface area contributed by atoms with Gasteiger partial charge < -0.3 is 14.9 Å². The summed E-state index contributed by atoms with van der Waals surface area (Å²) in [6, 6.07) is 13.8. The van der Waals surface area contributed by atoms with Crippen LogP contribution in [0.4, 0.5) is 0 Å². The number of imidazole rings is 1. The molecule has 2 N–H and O–H groups in total. The first-order valence-corrected chi connectivity index (χ1v) is 12.7. The predicted octanol–water partition coefficient (Wildman–Crippen LogP) is 4.14. The molecular weight excluding hydrogens is 452 g/mol. The zero-order valence-corrected chi connectivity index (χ0v) is 20.6. The Morgan fingerprint density at radius 1 is 1.08 bits per heavy atom. The van der Waals surface area contributed by atoms with Gasteiger partial charge in [0, 0.05) is 50.3 Å². The van der Waals surface area contributed by atoms with Crippen LogP contribution in [0.5, 0.6) is 0 Å². The number of fused-ring (bicyclic) bond motifs is 1. The molecule has 1 aliphatic rings. The number of carbonyl (C=O) groups excluding carboxylic acids is 2. The molecule has 4 aromatic rings. The number of nitrogens with one attached hydrogen (secondary N) is 2. The first-order chi connectivity index (χ1) is 17.6. The lowest BCUT2D eigenvalue weighted by atomic mass is 10.1. The fourth-order valence-electron chi connectivity index (χ4n) is 4.95. The SMILES string of the molecule is CCC(=O)CCCN1CCN(C(=O)Cc2c[nH]c3ncccc23)C(c2ncc(-c3ccccc3)[nH]2)C1. The highest BCUT2D eigenvalue weighted by atomic mass is 16.2. The number of pyridine rings is 1. The molecule has 186 valence electrons. The molecule has 5 rings (SSSR count). The lowest BCUT2D eigenvalue weighted by Crippen LogP contribution is -2.51. The smallest absolute Gasteiger partial charge is 0.227 e. The number of hydrogen-bond acceptors (Lipinski definition) is 5. The average Bonchev–Trinajstić information content (AvgIpc) is 3.57. The number of hydrogen-bond donors (Lipinski definition) is 2. The minimum atomic E-state index is -0.186. The van der Waals surface area contributed by atoms with Gasteiger partial charge in [-0.1, -0.05) is 37.3 Å². The van der Waals surface area contributed by atoms with Crippen LogP contribution in [0.1, 0.15) is 43.6 Å². The maximum Gasteiger partial charge on any atom is 0.227 e. The summed E-state index contributed by atoms with van der Waals surface area (Å²) in [5.41, 5.74) is 3.74. The van der Waals surface area contributed by atoms with E-state index in [0.717, 1.165) is 53.2 Å². The van der Waals surface area contributed by atoms with Crippen LogP contribution in [0.25, 0.3) is 22.3 Å². The lowest BCUT2D eigenvalue weighted by Gasteiger charge is -2.40. The van der Waals surface area contributed by atoms with E-state index in [4.69, 9.17) is 4.98 Å². The Hall–Kier alpha value is -3.78. The fourth-order valence-corrected chi connectivity index (χ4v) is 4.95. The first-order valence-electron chi connectivity index (χ1n) is 12.7. The predicted molar refractivity (Wildman–Crippen MR) is 139 cm³/mol. The third kappa shape index (κ3) is 5.23. The summed E-state index contributed by atoms with van der Waals surface area (Å²) in [4.78, 5) is 45.4. The minimum absolute atomic E-state index is 0.0724. The lowest BCUT2D eigenvalue weighted by molar-refractivity contribution is -0.135. The van der Waals surface area contributed by atoms with Crippen molar-refractivity contribution in [2.45, 2.75) is 38.6 Å². The molecule has 1 fully saturated rings. The second-order valence-electron chi connectivity index (χ2n) is 9.34. The van der Waals surface area contributed by atoms with Crippen molar-refractivity contribution < 1.29 is 9.59 Å². The summed E-state index contributed by atoms with van der Waals surface area (Å²) in [6.45, 7) is 4.83. The zero-order chi connectivity index (χ0) is 24.9. The highest BCUT2D eigenvalue weighted by molar-refractivity contribution is 5.87. The molecule has 0 spiro atoms. The molecule has 1 amide bonds. The molecule has 1 saturated heterocycles. The Labute approximate surface area is 210 Å². The third-order valence-electron chi connectivity index (χ3n) is 6.98. The van der Waals surface area contributed by atoms with Crippen LogP contribution >= 0.6 is 0 Å². The van der Waals surface area contributed by atoms with Crippen LogP contribution in [-0.4, -0.2) is 67.6 Å². The van der Waals surface area contributed by atoms with Gasteiger partial charge in [0.15, 0.2) is 0 Å². The van der Waals surface area contributed by atoms with E-state index in [2.05, 4.69) is 19.9 Å². The molecule has 0 bridgehead atoms. The Morgan fingerprint density at radius 3 is 2.78 bits per heavy atom. The average molecular weight is 485 g/mol. The van der Waals surface area contributed by atoms with Gasteiger partial charge in [0.25, 0.3) is 0 Å². The quantitative estimate of drug-likeness (QED) is 0.372. The van der Waals surface area contributed by atoms with E-state index in [1.165, 1.54) is 0 Å². The van der Waals surface area contributed by atoms with Gasteiger partial charge in [-0.05, 0) is 36.2 Å². The van der Waals surface area contributed by atoms with E-state index in [-0.39, 0.29) is 11.9 Å². The van der Waals surface area contributed by atoms with Crippen LogP contribution in [0.2, 0.25) is 0 Å². The van der Waals surface area contributed by atoms with Gasteiger partial charge in [0.05, 0.1) is 18.3 Å². The van der Waals surface area contributed by atoms with Crippen molar-refractivity contribution in [2.75, 3.05) is 26.2 Å². The van der Waals surface area contributed by atoms with E-state index < -0.39 is 0 Å². The van der Waals surface area contributed by atoms with Crippen molar-refractivity contribution in [2.24, 2.45) is 0 Å². The summed E-state index contributed by atoms with van der Waals surface area (Å²) in [5.74, 6) is 1.16. The summed E-state index contributed by atoms with van der Waals surface area (Å²) in [5, 5.41) is 0.978. The van der Waals surface area contributed by atoms with Gasteiger partial charge in [-0.25, -0.2) is 9.97 Å². The summed E-state index contributed by atoms with van der Waals surface area (Å²) in [7, 11) is 0. The number of aromatic nitrogens is 4. The second kappa shape index (κ2) is 10.9. The minimum Gasteiger partial charge on any atom is -0.346 e. The molecule has 1 atom stereocenters. The topological polar surface area (TPSA) is 98.0 Å². The Balaban J connectivity index is 1.36. The molecule has 4 heterocycles. The molecule has 1 aliphatic heterocycles. The van der Waals surface area contributed by atoms with Crippen LogP contribution in [0.15, 0.2) is 61.1 Å². The van der Waals surface area contributed by atoms with Crippen LogP contribution in [-0.2, 0) is 16.0 Å². The summed E-state index contributed by atoms with van der Waals surface area (Å²) < 4.78 is 0. The monoisotopic (exact) mass is 484 g/mol. The van der Waals surface area contributed by atoms with Gasteiger partial charge in [-0.2, -0.15) is 0 Å². The molecule has 8 nitrogen and oxygen atoms in total. The van der Waals surface area contributed by atoms with Gasteiger partial charge in [0.2, 0.25) is 5.91 Å². The molecule has 36 heavy (non-hydrogen) atoms. The van der Waals surface area contributed by atoms with Crippen molar-refractivity contribution in [3.05, 3.63) is 72.4 Å². The molecule has 3 aromatic heterocycles. The first kappa shape index (κ1) is 23.9. The van der Waals surface area contributed by atoms with Gasteiger partial charge >= 0.3 is 0 Å². The number of aromatic amines is 2. The number of carbonyl (C=O) groups is 2. The summed E-state index contributed by atoms with van der Waals surface area (Å²) in [6.07, 6.45) is 7.80. The Bertz CT molecular complexity index is 1330. The Morgan fingerprint density at radius 2 is 1.94 bits per heavy atom. The van der Waals surface area contributed by atoms with E-state index in [1.807, 2.05) is 66.7 Å². The number of H-pyrrole nitrogens is 2. The molecular formula is C28H32N6O2. The summed E-state index contributed by atoms with van der Waals surface area (Å²) >= 11 is 0. The normalized spacial score (nSPS) is 16.5. The van der Waals surface area contributed by atoms with Gasteiger partial charge in [0.1, 0.15) is 23.3 Å². The van der Waals surface area contributed by atoms with E-state index in [1.54, 1.807) is 6.20 Å². The number of Topliss-reactive ketones (excluding diaryl/α,β-unsaturated/α-hetero) is 1. The van der Waals surface area contributed by atoms with Crippen molar-refractivity contribution in [3.8, 4) is 11.3 Å². The highest BCUT2D eigenvalue weighted by Gasteiger charge is 2.33. The standard InChI is InChI=1S/C28H32N6O2/c1-2-22(35)10-7-13-33-14-15-34(26(36)16-21-17-30-27-23(21)11-6-12-29-27)25(19-33)28-31-18-24(32-28)20-8-4-3-5-9-20/h3-6,8-9,11-12,17-18,25H,2,7,10,13-16,19H2,1H3,(H,29,30)(H,31,32). The van der Waals surface area contributed by atoms with Crippen molar-refractivity contribution in [1.29, 1.82) is 0 Å². The number of amides is 1. The molecule has 0 radical (unpaired) electrons. The van der Waals surface area contributed by atoms with E-state index in [0.29, 0.717) is 38.1 Å². The highest BCUT2D eigenvalue weighted by Crippen LogP contribution is 2.28. The van der Waals surface area contributed by atoms with E-state index >= 15 is 0 Å². The van der Waals surface area contributed by atoms with Crippen molar-refractivity contribution in [3.63, 3.8) is 0 Å². The van der Waals surface area contributed by atoms with Crippen LogP contribution < -0.4 is 0 Å². The number of piperazine rings is 1. The van der Waals surface area contributed by atoms with Crippen LogP contribution in [0, 0.1) is 0 Å². The van der Waals surface area contributed by atoms with Crippen molar-refractivity contribution >= 4 is 22.7 Å². The maximum atomic E-state index is 13.6. The number of ketones is 1. The largest absolute Gasteiger partial charge is 0.346 e. The molecule has 1 aromatic carbocycles. The molecule has 1 unspecified atom stereocenters. The number of nitrogens with zero attached hydrogens (tertiary/aromatic N) is 4. The van der Waals surface area contributed by atoms with Crippen molar-refractivity contribution in [1.82, 2.24) is 29.7 Å². The number of rotatable bonds is 9. The third-order valence-corrected chi connectivity index (χ3v) is 6.98. The second-order valence-corrected chi connectivity index (χ2v) is 9.34. The fraction of sp³-hybridized carbons (Fsp3) is 0.357. The molecule has 8 heteroatoms. The van der Waals surface area contributed by atoms with Gasteiger partial charge in [-0.3, -0.25) is 14.5 Å². The number of benzene rings is 1.